The molecular formula is C11H20O5. The van der Waals surface area contributed by atoms with Crippen LogP contribution < -0.4 is 0 Å². The molecule has 0 radical (unpaired) electrons. The number of carbonyl (C=O) groups excluding carboxylic acids is 1. The van der Waals surface area contributed by atoms with Gasteiger partial charge in [-0.15, -0.1) is 0 Å². The summed E-state index contributed by atoms with van der Waals surface area (Å²) in [4.78, 5) is 11.0. The summed E-state index contributed by atoms with van der Waals surface area (Å²) in [7, 11) is 3.28. The fourth-order valence-corrected chi connectivity index (χ4v) is 1.87. The van der Waals surface area contributed by atoms with E-state index >= 15 is 0 Å². The zero-order valence-electron chi connectivity index (χ0n) is 10.2. The fourth-order valence-electron chi connectivity index (χ4n) is 1.87. The van der Waals surface area contributed by atoms with Gasteiger partial charge in [-0.05, 0) is 12.8 Å². The van der Waals surface area contributed by atoms with E-state index in [0.29, 0.717) is 19.1 Å². The third-order valence-corrected chi connectivity index (χ3v) is 2.82. The highest BCUT2D eigenvalue weighted by atomic mass is 16.7. The average Bonchev–Trinajstić information content (AvgIpc) is 2.22. The number of ether oxygens (including phenoxy) is 4. The van der Waals surface area contributed by atoms with Crippen LogP contribution >= 0.6 is 0 Å². The average molecular weight is 232 g/mol. The summed E-state index contributed by atoms with van der Waals surface area (Å²) in [6.07, 6.45) is 1.62. The first-order valence-electron chi connectivity index (χ1n) is 5.49. The van der Waals surface area contributed by atoms with Gasteiger partial charge in [0.1, 0.15) is 6.61 Å². The molecule has 0 aromatic carbocycles. The van der Waals surface area contributed by atoms with Gasteiger partial charge in [-0.25, -0.2) is 4.79 Å². The molecule has 94 valence electrons. The smallest absolute Gasteiger partial charge is 0.332 e. The lowest BCUT2D eigenvalue weighted by Gasteiger charge is -2.44. The van der Waals surface area contributed by atoms with Crippen LogP contribution in [-0.4, -0.2) is 45.8 Å². The maximum atomic E-state index is 11.0. The standard InChI is InChI=1S/C11H20O5/c1-4-16-10(12)8-15-7-9-5-11(6-9,13-2)14-3/h9H,4-8H2,1-3H3. The lowest BCUT2D eigenvalue weighted by molar-refractivity contribution is -0.275. The Kier molecular flexibility index (Phi) is 5.18. The molecule has 0 aromatic heterocycles. The van der Waals surface area contributed by atoms with Crippen LogP contribution in [0.4, 0.5) is 0 Å². The van der Waals surface area contributed by atoms with Gasteiger partial charge in [-0.1, -0.05) is 0 Å². The van der Waals surface area contributed by atoms with Crippen LogP contribution in [0.3, 0.4) is 0 Å². The number of rotatable bonds is 7. The first-order chi connectivity index (χ1) is 7.65. The molecule has 1 aliphatic carbocycles. The van der Waals surface area contributed by atoms with Gasteiger partial charge in [-0.3, -0.25) is 0 Å². The molecule has 16 heavy (non-hydrogen) atoms. The van der Waals surface area contributed by atoms with Crippen molar-refractivity contribution < 1.29 is 23.7 Å². The molecular weight excluding hydrogens is 212 g/mol. The summed E-state index contributed by atoms with van der Waals surface area (Å²) >= 11 is 0. The van der Waals surface area contributed by atoms with E-state index in [0.717, 1.165) is 12.8 Å². The second kappa shape index (κ2) is 6.18. The number of esters is 1. The highest BCUT2D eigenvalue weighted by Gasteiger charge is 2.45. The number of methoxy groups -OCH3 is 2. The summed E-state index contributed by atoms with van der Waals surface area (Å²) in [5.74, 6) is -0.348. The van der Waals surface area contributed by atoms with Crippen molar-refractivity contribution in [2.75, 3.05) is 34.0 Å². The van der Waals surface area contributed by atoms with Gasteiger partial charge in [0.05, 0.1) is 13.2 Å². The van der Waals surface area contributed by atoms with Crippen LogP contribution in [0.1, 0.15) is 19.8 Å². The largest absolute Gasteiger partial charge is 0.464 e. The molecule has 0 amide bonds. The van der Waals surface area contributed by atoms with Crippen molar-refractivity contribution >= 4 is 5.97 Å². The third-order valence-electron chi connectivity index (χ3n) is 2.82. The lowest BCUT2D eigenvalue weighted by atomic mass is 9.79. The highest BCUT2D eigenvalue weighted by molar-refractivity contribution is 5.70. The topological polar surface area (TPSA) is 54.0 Å². The summed E-state index contributed by atoms with van der Waals surface area (Å²) in [6.45, 7) is 2.74. The number of hydrogen-bond acceptors (Lipinski definition) is 5. The van der Waals surface area contributed by atoms with Gasteiger partial charge in [0.2, 0.25) is 0 Å². The maximum absolute atomic E-state index is 11.0. The number of carbonyl (C=O) groups is 1. The summed E-state index contributed by atoms with van der Waals surface area (Å²) in [6, 6.07) is 0. The van der Waals surface area contributed by atoms with Crippen molar-refractivity contribution in [1.29, 1.82) is 0 Å². The normalized spacial score (nSPS) is 19.2. The van der Waals surface area contributed by atoms with Crippen LogP contribution in [-0.2, 0) is 23.7 Å². The van der Waals surface area contributed by atoms with Gasteiger partial charge in [0.25, 0.3) is 0 Å². The van der Waals surface area contributed by atoms with Gasteiger partial charge in [0, 0.05) is 27.1 Å². The minimum atomic E-state index is -0.433. The predicted molar refractivity (Wildman–Crippen MR) is 56.9 cm³/mol. The van der Waals surface area contributed by atoms with Crippen LogP contribution in [0.15, 0.2) is 0 Å². The molecule has 0 N–H and O–H groups in total. The molecule has 0 aromatic rings. The molecule has 0 heterocycles. The predicted octanol–water partition coefficient (Wildman–Crippen LogP) is 0.965. The quantitative estimate of drug-likeness (QED) is 0.483. The van der Waals surface area contributed by atoms with Crippen LogP contribution in [0, 0.1) is 5.92 Å². The van der Waals surface area contributed by atoms with Crippen LogP contribution in [0.5, 0.6) is 0 Å². The SMILES string of the molecule is CCOC(=O)COCC1CC(OC)(OC)C1. The van der Waals surface area contributed by atoms with Crippen molar-refractivity contribution in [1.82, 2.24) is 0 Å². The number of hydrogen-bond donors (Lipinski definition) is 0. The molecule has 5 nitrogen and oxygen atoms in total. The Hall–Kier alpha value is -0.650. The minimum absolute atomic E-state index is 0.0251. The molecule has 1 saturated carbocycles. The maximum Gasteiger partial charge on any atom is 0.332 e. The summed E-state index contributed by atoms with van der Waals surface area (Å²) in [5.41, 5.74) is 0. The Labute approximate surface area is 96.0 Å². The molecule has 0 spiro atoms. The fraction of sp³-hybridized carbons (Fsp3) is 0.909. The Balaban J connectivity index is 2.07. The molecule has 5 heteroatoms. The Morgan fingerprint density at radius 1 is 1.31 bits per heavy atom. The highest BCUT2D eigenvalue weighted by Crippen LogP contribution is 2.40. The third kappa shape index (κ3) is 3.43. The van der Waals surface area contributed by atoms with Gasteiger partial charge in [-0.2, -0.15) is 0 Å². The van der Waals surface area contributed by atoms with E-state index in [1.807, 2.05) is 0 Å². The van der Waals surface area contributed by atoms with E-state index in [1.165, 1.54) is 0 Å². The zero-order valence-corrected chi connectivity index (χ0v) is 10.2. The van der Waals surface area contributed by atoms with E-state index < -0.39 is 5.79 Å². The van der Waals surface area contributed by atoms with E-state index in [1.54, 1.807) is 21.1 Å². The van der Waals surface area contributed by atoms with Crippen molar-refractivity contribution in [2.24, 2.45) is 5.92 Å². The Bertz CT molecular complexity index is 216. The van der Waals surface area contributed by atoms with Crippen molar-refractivity contribution in [2.45, 2.75) is 25.6 Å². The minimum Gasteiger partial charge on any atom is -0.464 e. The first kappa shape index (κ1) is 13.4. The second-order valence-corrected chi connectivity index (χ2v) is 3.91. The molecule has 0 unspecified atom stereocenters. The second-order valence-electron chi connectivity index (χ2n) is 3.91. The monoisotopic (exact) mass is 232 g/mol. The van der Waals surface area contributed by atoms with Crippen molar-refractivity contribution in [3.05, 3.63) is 0 Å². The van der Waals surface area contributed by atoms with Crippen LogP contribution in [0.2, 0.25) is 0 Å². The molecule has 0 aliphatic heterocycles. The lowest BCUT2D eigenvalue weighted by Crippen LogP contribution is -2.48. The molecule has 1 aliphatic rings. The molecule has 0 saturated heterocycles. The van der Waals surface area contributed by atoms with Gasteiger partial charge in [0.15, 0.2) is 5.79 Å². The first-order valence-corrected chi connectivity index (χ1v) is 5.49. The zero-order chi connectivity index (χ0) is 12.0. The Morgan fingerprint density at radius 2 is 1.94 bits per heavy atom. The van der Waals surface area contributed by atoms with E-state index in [2.05, 4.69) is 0 Å². The Morgan fingerprint density at radius 3 is 2.44 bits per heavy atom. The molecule has 0 atom stereocenters. The van der Waals surface area contributed by atoms with Gasteiger partial charge >= 0.3 is 5.97 Å². The summed E-state index contributed by atoms with van der Waals surface area (Å²) < 4.78 is 20.5. The molecule has 0 bridgehead atoms. The van der Waals surface area contributed by atoms with Crippen LogP contribution in [0.25, 0.3) is 0 Å². The van der Waals surface area contributed by atoms with Crippen molar-refractivity contribution in [3.8, 4) is 0 Å². The molecule has 1 rings (SSSR count). The van der Waals surface area contributed by atoms with E-state index in [9.17, 15) is 4.79 Å². The van der Waals surface area contributed by atoms with Gasteiger partial charge < -0.3 is 18.9 Å². The molecule has 1 fully saturated rings. The van der Waals surface area contributed by atoms with E-state index in [4.69, 9.17) is 18.9 Å². The van der Waals surface area contributed by atoms with Crippen molar-refractivity contribution in [3.63, 3.8) is 0 Å². The van der Waals surface area contributed by atoms with E-state index in [-0.39, 0.29) is 12.6 Å². The summed E-state index contributed by atoms with van der Waals surface area (Å²) in [5, 5.41) is 0.